The van der Waals surface area contributed by atoms with Gasteiger partial charge in [0.15, 0.2) is 0 Å². The van der Waals surface area contributed by atoms with Crippen molar-refractivity contribution in [3.63, 3.8) is 0 Å². The highest BCUT2D eigenvalue weighted by atomic mass is 32.2. The average Bonchev–Trinajstić information content (AvgIpc) is 2.78. The third-order valence-corrected chi connectivity index (χ3v) is 6.07. The van der Waals surface area contributed by atoms with Crippen molar-refractivity contribution in [3.8, 4) is 5.75 Å². The molecule has 7 nitrogen and oxygen atoms in total. The maximum atomic E-state index is 12.5. The largest absolute Gasteiger partial charge is 0.489 e. The fourth-order valence-electron chi connectivity index (χ4n) is 3.03. The second-order valence-corrected chi connectivity index (χ2v) is 8.61. The van der Waals surface area contributed by atoms with E-state index in [9.17, 15) is 13.2 Å². The minimum absolute atomic E-state index is 0.123. The van der Waals surface area contributed by atoms with Gasteiger partial charge in [0, 0.05) is 12.2 Å². The lowest BCUT2D eigenvalue weighted by Gasteiger charge is -2.17. The summed E-state index contributed by atoms with van der Waals surface area (Å²) in [6, 6.07) is 22.3. The number of rotatable bonds is 9. The third-order valence-electron chi connectivity index (χ3n) is 4.63. The molecular weight excluding hydrogens is 416 g/mol. The monoisotopic (exact) mass is 440 g/mol. The van der Waals surface area contributed by atoms with Gasteiger partial charge in [-0.1, -0.05) is 42.5 Å². The van der Waals surface area contributed by atoms with Gasteiger partial charge in [-0.15, -0.1) is 0 Å². The normalized spacial score (nSPS) is 12.2. The Labute approximate surface area is 181 Å². The molecule has 0 saturated heterocycles. The summed E-state index contributed by atoms with van der Waals surface area (Å²) in [5, 5.41) is 0. The lowest BCUT2D eigenvalue weighted by Crippen LogP contribution is -2.32. The molecule has 8 heteroatoms. The number of sulfonamides is 1. The van der Waals surface area contributed by atoms with E-state index in [1.165, 1.54) is 19.2 Å². The molecule has 3 N–H and O–H groups in total. The Morgan fingerprint density at radius 2 is 1.74 bits per heavy atom. The van der Waals surface area contributed by atoms with Crippen molar-refractivity contribution in [2.24, 2.45) is 0 Å². The summed E-state index contributed by atoms with van der Waals surface area (Å²) in [7, 11) is -2.50. The summed E-state index contributed by atoms with van der Waals surface area (Å²) in [5.41, 5.74) is 7.92. The van der Waals surface area contributed by atoms with Gasteiger partial charge in [0.25, 0.3) is 0 Å². The van der Waals surface area contributed by atoms with E-state index in [-0.39, 0.29) is 11.4 Å². The average molecular weight is 441 g/mol. The first-order valence-electron chi connectivity index (χ1n) is 9.59. The maximum absolute atomic E-state index is 12.5. The molecule has 0 heterocycles. The second-order valence-electron chi connectivity index (χ2n) is 6.85. The highest BCUT2D eigenvalue weighted by Gasteiger charge is 2.25. The van der Waals surface area contributed by atoms with E-state index < -0.39 is 21.9 Å². The highest BCUT2D eigenvalue weighted by molar-refractivity contribution is 7.89. The van der Waals surface area contributed by atoms with E-state index in [4.69, 9.17) is 15.2 Å². The number of benzene rings is 3. The molecule has 0 aliphatic carbocycles. The van der Waals surface area contributed by atoms with Gasteiger partial charge in [0.1, 0.15) is 12.4 Å². The molecule has 31 heavy (non-hydrogen) atoms. The van der Waals surface area contributed by atoms with E-state index in [0.29, 0.717) is 23.6 Å². The van der Waals surface area contributed by atoms with Gasteiger partial charge in [-0.25, -0.2) is 13.1 Å². The standard InChI is InChI=1S/C23H24N2O5S/c1-29-23(26)22(15-25-31(27,28)21-11-3-2-4-12-21)18-8-6-10-20(14-18)30-16-17-7-5-9-19(24)13-17/h2-14,22,25H,15-16,24H2,1H3. The topological polar surface area (TPSA) is 108 Å². The number of carbonyl (C=O) groups is 1. The van der Waals surface area contributed by atoms with Crippen molar-refractivity contribution in [2.45, 2.75) is 17.4 Å². The Hall–Kier alpha value is -3.36. The van der Waals surface area contributed by atoms with Crippen LogP contribution in [0.5, 0.6) is 5.75 Å². The van der Waals surface area contributed by atoms with Gasteiger partial charge in [-0.2, -0.15) is 0 Å². The van der Waals surface area contributed by atoms with Crippen LogP contribution in [0.2, 0.25) is 0 Å². The van der Waals surface area contributed by atoms with Gasteiger partial charge in [-0.3, -0.25) is 4.79 Å². The molecule has 0 fully saturated rings. The summed E-state index contributed by atoms with van der Waals surface area (Å²) in [4.78, 5) is 12.5. The zero-order valence-corrected chi connectivity index (χ0v) is 17.8. The molecule has 0 spiro atoms. The van der Waals surface area contributed by atoms with Crippen LogP contribution >= 0.6 is 0 Å². The summed E-state index contributed by atoms with van der Waals surface area (Å²) in [5.74, 6) is -0.845. The van der Waals surface area contributed by atoms with Crippen LogP contribution in [0.3, 0.4) is 0 Å². The van der Waals surface area contributed by atoms with Gasteiger partial charge < -0.3 is 15.2 Å². The van der Waals surface area contributed by atoms with Crippen molar-refractivity contribution in [1.29, 1.82) is 0 Å². The Morgan fingerprint density at radius 1 is 1.00 bits per heavy atom. The van der Waals surface area contributed by atoms with Crippen LogP contribution in [0.15, 0.2) is 83.8 Å². The summed E-state index contributed by atoms with van der Waals surface area (Å²) in [6.07, 6.45) is 0. The number of anilines is 1. The van der Waals surface area contributed by atoms with Crippen molar-refractivity contribution in [2.75, 3.05) is 19.4 Å². The quantitative estimate of drug-likeness (QED) is 0.391. The molecule has 1 atom stereocenters. The summed E-state index contributed by atoms with van der Waals surface area (Å²) < 4.78 is 38.3. The number of hydrogen-bond acceptors (Lipinski definition) is 6. The second kappa shape index (κ2) is 10.1. The van der Waals surface area contributed by atoms with Crippen molar-refractivity contribution >= 4 is 21.7 Å². The zero-order valence-electron chi connectivity index (χ0n) is 17.0. The van der Waals surface area contributed by atoms with Crippen LogP contribution in [-0.4, -0.2) is 28.0 Å². The van der Waals surface area contributed by atoms with Crippen LogP contribution < -0.4 is 15.2 Å². The number of nitrogens with one attached hydrogen (secondary N) is 1. The molecule has 3 rings (SSSR count). The number of hydrogen-bond donors (Lipinski definition) is 2. The lowest BCUT2D eigenvalue weighted by molar-refractivity contribution is -0.142. The van der Waals surface area contributed by atoms with E-state index in [1.54, 1.807) is 48.5 Å². The van der Waals surface area contributed by atoms with Gasteiger partial charge >= 0.3 is 5.97 Å². The van der Waals surface area contributed by atoms with Gasteiger partial charge in [0.2, 0.25) is 10.0 Å². The Bertz CT molecular complexity index is 1130. The Morgan fingerprint density at radius 3 is 2.45 bits per heavy atom. The molecule has 162 valence electrons. The first kappa shape index (κ1) is 22.3. The molecule has 0 aliphatic rings. The van der Waals surface area contributed by atoms with E-state index in [2.05, 4.69) is 4.72 Å². The van der Waals surface area contributed by atoms with Gasteiger partial charge in [0.05, 0.1) is 17.9 Å². The molecular formula is C23H24N2O5S. The van der Waals surface area contributed by atoms with Gasteiger partial charge in [-0.05, 0) is 47.5 Å². The molecule has 0 radical (unpaired) electrons. The number of methoxy groups -OCH3 is 1. The van der Waals surface area contributed by atoms with E-state index in [1.807, 2.05) is 18.2 Å². The fraction of sp³-hybridized carbons (Fsp3) is 0.174. The third kappa shape index (κ3) is 6.07. The maximum Gasteiger partial charge on any atom is 0.314 e. The Balaban J connectivity index is 1.74. The van der Waals surface area contributed by atoms with Crippen LogP contribution in [0.1, 0.15) is 17.0 Å². The minimum atomic E-state index is -3.77. The first-order valence-corrected chi connectivity index (χ1v) is 11.1. The molecule has 0 aromatic heterocycles. The van der Waals surface area contributed by atoms with E-state index in [0.717, 1.165) is 5.56 Å². The molecule has 3 aromatic rings. The molecule has 0 aliphatic heterocycles. The molecule has 0 amide bonds. The molecule has 0 bridgehead atoms. The summed E-state index contributed by atoms with van der Waals surface area (Å²) >= 11 is 0. The van der Waals surface area contributed by atoms with Crippen LogP contribution in [0.25, 0.3) is 0 Å². The minimum Gasteiger partial charge on any atom is -0.489 e. The SMILES string of the molecule is COC(=O)C(CNS(=O)(=O)c1ccccc1)c1cccc(OCc2cccc(N)c2)c1. The fourth-order valence-corrected chi connectivity index (χ4v) is 4.09. The smallest absolute Gasteiger partial charge is 0.314 e. The number of nitrogen functional groups attached to an aromatic ring is 1. The molecule has 1 unspecified atom stereocenters. The molecule has 3 aromatic carbocycles. The van der Waals surface area contributed by atoms with Crippen LogP contribution in [-0.2, 0) is 26.2 Å². The van der Waals surface area contributed by atoms with Crippen LogP contribution in [0, 0.1) is 0 Å². The number of nitrogens with two attached hydrogens (primary N) is 1. The predicted octanol–water partition coefficient (Wildman–Crippen LogP) is 3.08. The van der Waals surface area contributed by atoms with Crippen molar-refractivity contribution in [3.05, 3.63) is 90.0 Å². The Kier molecular flexibility index (Phi) is 7.28. The highest BCUT2D eigenvalue weighted by Crippen LogP contribution is 2.23. The first-order chi connectivity index (χ1) is 14.9. The zero-order chi connectivity index (χ0) is 22.3. The molecule has 0 saturated carbocycles. The van der Waals surface area contributed by atoms with Crippen molar-refractivity contribution in [1.82, 2.24) is 4.72 Å². The van der Waals surface area contributed by atoms with E-state index >= 15 is 0 Å². The van der Waals surface area contributed by atoms with Crippen molar-refractivity contribution < 1.29 is 22.7 Å². The summed E-state index contributed by atoms with van der Waals surface area (Å²) in [6.45, 7) is 0.153. The number of carbonyl (C=O) groups excluding carboxylic acids is 1. The number of ether oxygens (including phenoxy) is 2. The predicted molar refractivity (Wildman–Crippen MR) is 118 cm³/mol. The number of esters is 1. The lowest BCUT2D eigenvalue weighted by atomic mass is 9.99. The van der Waals surface area contributed by atoms with Crippen LogP contribution in [0.4, 0.5) is 5.69 Å².